The van der Waals surface area contributed by atoms with E-state index < -0.39 is 0 Å². The van der Waals surface area contributed by atoms with Crippen molar-refractivity contribution in [1.82, 2.24) is 20.4 Å². The van der Waals surface area contributed by atoms with Gasteiger partial charge in [-0.2, -0.15) is 0 Å². The Balaban J connectivity index is 2.01. The highest BCUT2D eigenvalue weighted by Crippen LogP contribution is 2.24. The molecular weight excluding hydrogens is 270 g/mol. The third kappa shape index (κ3) is 3.82. The van der Waals surface area contributed by atoms with Gasteiger partial charge < -0.3 is 0 Å². The molecule has 0 aliphatic carbocycles. The van der Waals surface area contributed by atoms with Crippen molar-refractivity contribution >= 4 is 11.8 Å². The highest BCUT2D eigenvalue weighted by atomic mass is 32.2. The Bertz CT molecular complexity index is 523. The summed E-state index contributed by atoms with van der Waals surface area (Å²) in [7, 11) is 0. The number of aromatic nitrogens is 3. The molecule has 3 N–H and O–H groups in total. The second kappa shape index (κ2) is 7.42. The first-order valence-corrected chi connectivity index (χ1v) is 7.77. The molecule has 2 rings (SSSR count). The number of nitrogens with two attached hydrogens (primary N) is 1. The lowest BCUT2D eigenvalue weighted by molar-refractivity contribution is 0.501. The van der Waals surface area contributed by atoms with Crippen molar-refractivity contribution in [3.8, 4) is 0 Å². The first-order valence-electron chi connectivity index (χ1n) is 6.78. The Morgan fingerprint density at radius 1 is 1.35 bits per heavy atom. The predicted molar refractivity (Wildman–Crippen MR) is 82.3 cm³/mol. The van der Waals surface area contributed by atoms with Crippen LogP contribution in [0.1, 0.15) is 30.6 Å². The maximum absolute atomic E-state index is 5.69. The smallest absolute Gasteiger partial charge is 0.0778 e. The van der Waals surface area contributed by atoms with E-state index in [0.29, 0.717) is 0 Å². The van der Waals surface area contributed by atoms with E-state index in [9.17, 15) is 0 Å². The van der Waals surface area contributed by atoms with Crippen molar-refractivity contribution in [2.24, 2.45) is 5.84 Å². The van der Waals surface area contributed by atoms with Crippen LogP contribution in [-0.4, -0.2) is 20.7 Å². The second-order valence-electron chi connectivity index (χ2n) is 4.73. The van der Waals surface area contributed by atoms with E-state index in [0.717, 1.165) is 24.4 Å². The zero-order valence-electron chi connectivity index (χ0n) is 11.9. The number of benzene rings is 1. The molecule has 0 saturated carbocycles. The average molecular weight is 291 g/mol. The van der Waals surface area contributed by atoms with Crippen LogP contribution >= 0.6 is 11.8 Å². The van der Waals surface area contributed by atoms with Gasteiger partial charge >= 0.3 is 0 Å². The Kier molecular flexibility index (Phi) is 5.58. The molecule has 108 valence electrons. The molecule has 1 aromatic heterocycles. The first-order chi connectivity index (χ1) is 9.74. The average Bonchev–Trinajstić information content (AvgIpc) is 2.90. The van der Waals surface area contributed by atoms with Gasteiger partial charge in [0.05, 0.1) is 17.9 Å². The van der Waals surface area contributed by atoms with Gasteiger partial charge in [-0.05, 0) is 25.5 Å². The van der Waals surface area contributed by atoms with E-state index in [-0.39, 0.29) is 6.04 Å². The van der Waals surface area contributed by atoms with Gasteiger partial charge in [-0.15, -0.1) is 16.9 Å². The maximum Gasteiger partial charge on any atom is 0.0778 e. The molecular formula is C14H21N5S. The van der Waals surface area contributed by atoms with Crippen LogP contribution in [0.2, 0.25) is 0 Å². The molecule has 1 unspecified atom stereocenters. The van der Waals surface area contributed by atoms with Gasteiger partial charge in [0.1, 0.15) is 0 Å². The predicted octanol–water partition coefficient (Wildman–Crippen LogP) is 2.29. The van der Waals surface area contributed by atoms with E-state index in [1.165, 1.54) is 10.5 Å². The molecule has 0 radical (unpaired) electrons. The topological polar surface area (TPSA) is 68.8 Å². The van der Waals surface area contributed by atoms with Gasteiger partial charge in [0.2, 0.25) is 0 Å². The van der Waals surface area contributed by atoms with E-state index in [2.05, 4.69) is 53.9 Å². The van der Waals surface area contributed by atoms with Gasteiger partial charge in [-0.25, -0.2) is 4.68 Å². The number of aryl methyl sites for hydroxylation is 2. The fourth-order valence-corrected chi connectivity index (χ4v) is 2.91. The van der Waals surface area contributed by atoms with E-state index in [1.54, 1.807) is 18.0 Å². The molecule has 5 nitrogen and oxygen atoms in total. The van der Waals surface area contributed by atoms with Crippen LogP contribution in [-0.2, 0) is 6.54 Å². The summed E-state index contributed by atoms with van der Waals surface area (Å²) in [6.45, 7) is 5.08. The van der Waals surface area contributed by atoms with Crippen molar-refractivity contribution in [2.75, 3.05) is 5.75 Å². The fraction of sp³-hybridized carbons (Fsp3) is 0.429. The minimum atomic E-state index is 0.0443. The molecule has 0 amide bonds. The Morgan fingerprint density at radius 2 is 2.10 bits per heavy atom. The largest absolute Gasteiger partial charge is 0.271 e. The Morgan fingerprint density at radius 3 is 2.75 bits per heavy atom. The lowest BCUT2D eigenvalue weighted by atomic mass is 10.2. The number of hydrazine groups is 1. The summed E-state index contributed by atoms with van der Waals surface area (Å²) >= 11 is 1.78. The molecule has 0 spiro atoms. The third-order valence-electron chi connectivity index (χ3n) is 3.08. The van der Waals surface area contributed by atoms with Gasteiger partial charge in [0.25, 0.3) is 0 Å². The number of thioether (sulfide) groups is 1. The molecule has 20 heavy (non-hydrogen) atoms. The number of hydrogen-bond donors (Lipinski definition) is 2. The van der Waals surface area contributed by atoms with Crippen LogP contribution in [0, 0.1) is 6.92 Å². The molecule has 1 atom stereocenters. The van der Waals surface area contributed by atoms with Gasteiger partial charge in [-0.3, -0.25) is 11.3 Å². The van der Waals surface area contributed by atoms with E-state index >= 15 is 0 Å². The summed E-state index contributed by atoms with van der Waals surface area (Å²) in [6.07, 6.45) is 2.81. The van der Waals surface area contributed by atoms with Crippen LogP contribution in [0.3, 0.4) is 0 Å². The van der Waals surface area contributed by atoms with Crippen molar-refractivity contribution in [1.29, 1.82) is 0 Å². The minimum Gasteiger partial charge on any atom is -0.271 e. The maximum atomic E-state index is 5.69. The zero-order chi connectivity index (χ0) is 14.4. The summed E-state index contributed by atoms with van der Waals surface area (Å²) in [5.41, 5.74) is 5.17. The van der Waals surface area contributed by atoms with Crippen molar-refractivity contribution in [3.63, 3.8) is 0 Å². The number of nitrogens with one attached hydrogen (secondary N) is 1. The Hall–Kier alpha value is -1.37. The highest BCUT2D eigenvalue weighted by Gasteiger charge is 2.15. The van der Waals surface area contributed by atoms with Crippen LogP contribution in [0.4, 0.5) is 0 Å². The second-order valence-corrected chi connectivity index (χ2v) is 5.82. The highest BCUT2D eigenvalue weighted by molar-refractivity contribution is 7.99. The summed E-state index contributed by atoms with van der Waals surface area (Å²) in [5.74, 6) is 6.53. The van der Waals surface area contributed by atoms with Crippen molar-refractivity contribution < 1.29 is 0 Å². The lowest BCUT2D eigenvalue weighted by Crippen LogP contribution is -2.31. The summed E-state index contributed by atoms with van der Waals surface area (Å²) in [6, 6.07) is 8.55. The first kappa shape index (κ1) is 15.0. The van der Waals surface area contributed by atoms with Crippen molar-refractivity contribution in [3.05, 3.63) is 41.7 Å². The molecule has 0 fully saturated rings. The summed E-state index contributed by atoms with van der Waals surface area (Å²) in [5, 5.41) is 8.09. The number of hydrogen-bond acceptors (Lipinski definition) is 5. The molecule has 6 heteroatoms. The van der Waals surface area contributed by atoms with Crippen LogP contribution in [0.15, 0.2) is 35.4 Å². The molecule has 0 aliphatic rings. The quantitative estimate of drug-likeness (QED) is 0.465. The molecule has 2 aromatic rings. The van der Waals surface area contributed by atoms with Crippen molar-refractivity contribution in [2.45, 2.75) is 37.8 Å². The van der Waals surface area contributed by atoms with Crippen LogP contribution in [0.5, 0.6) is 0 Å². The normalized spacial score (nSPS) is 12.6. The lowest BCUT2D eigenvalue weighted by Gasteiger charge is -2.16. The van der Waals surface area contributed by atoms with Gasteiger partial charge in [0, 0.05) is 17.2 Å². The third-order valence-corrected chi connectivity index (χ3v) is 4.18. The molecule has 1 heterocycles. The Labute approximate surface area is 123 Å². The van der Waals surface area contributed by atoms with Crippen LogP contribution < -0.4 is 11.3 Å². The molecule has 0 bridgehead atoms. The summed E-state index contributed by atoms with van der Waals surface area (Å²) in [4.78, 5) is 1.24. The summed E-state index contributed by atoms with van der Waals surface area (Å²) < 4.78 is 1.92. The van der Waals surface area contributed by atoms with Crippen LogP contribution in [0.25, 0.3) is 0 Å². The minimum absolute atomic E-state index is 0.0443. The van der Waals surface area contributed by atoms with Gasteiger partial charge in [0.15, 0.2) is 0 Å². The van der Waals surface area contributed by atoms with E-state index in [4.69, 9.17) is 5.84 Å². The standard InChI is InChI=1S/C14H21N5S/c1-3-8-19-14(9-16-18-19)13(17-15)10-20-12-6-4-11(2)5-7-12/h4-7,9,13,17H,3,8,10,15H2,1-2H3. The molecule has 1 aromatic carbocycles. The fourth-order valence-electron chi connectivity index (χ4n) is 1.95. The molecule has 0 saturated heterocycles. The SMILES string of the molecule is CCCn1nncc1C(CSc1ccc(C)cc1)NN. The molecule has 0 aliphatic heterocycles. The van der Waals surface area contributed by atoms with Gasteiger partial charge in [-0.1, -0.05) is 29.8 Å². The number of nitrogens with zero attached hydrogens (tertiary/aromatic N) is 3. The monoisotopic (exact) mass is 291 g/mol. The zero-order valence-corrected chi connectivity index (χ0v) is 12.7. The number of rotatable bonds is 7. The van der Waals surface area contributed by atoms with E-state index in [1.807, 2.05) is 4.68 Å².